The lowest BCUT2D eigenvalue weighted by Gasteiger charge is -2.40. The first-order chi connectivity index (χ1) is 9.70. The van der Waals surface area contributed by atoms with Crippen LogP contribution < -0.4 is 5.32 Å². The fourth-order valence-electron chi connectivity index (χ4n) is 6.11. The summed E-state index contributed by atoms with van der Waals surface area (Å²) in [6, 6.07) is 0.414. The van der Waals surface area contributed by atoms with Crippen molar-refractivity contribution >= 4 is 11.8 Å². The molecule has 2 bridgehead atoms. The zero-order valence-corrected chi connectivity index (χ0v) is 11.8. The molecular weight excluding hydrogens is 252 g/mol. The average molecular weight is 274 g/mol. The molecule has 1 heterocycles. The van der Waals surface area contributed by atoms with Crippen LogP contribution in [-0.4, -0.2) is 34.8 Å². The van der Waals surface area contributed by atoms with Crippen LogP contribution in [0.4, 0.5) is 0 Å². The van der Waals surface area contributed by atoms with Crippen LogP contribution in [0.2, 0.25) is 0 Å². The predicted octanol–water partition coefficient (Wildman–Crippen LogP) is 1.30. The molecule has 0 aromatic rings. The number of fused-ring (bicyclic) bond motifs is 5. The third kappa shape index (κ3) is 1.28. The Morgan fingerprint density at radius 1 is 1.05 bits per heavy atom. The first-order valence-electron chi connectivity index (χ1n) is 8.32. The molecule has 5 aliphatic rings. The van der Waals surface area contributed by atoms with Crippen LogP contribution in [0.25, 0.3) is 0 Å². The SMILES string of the molecule is O=C1CN(C2C3C4CCC(C4)C32)C(=O)C2(CCCC2)N1. The Balaban J connectivity index is 1.44. The second-order valence-electron chi connectivity index (χ2n) is 7.75. The fraction of sp³-hybridized carbons (Fsp3) is 0.875. The molecule has 4 atom stereocenters. The number of carbonyl (C=O) groups is 2. The molecule has 0 radical (unpaired) electrons. The van der Waals surface area contributed by atoms with Crippen molar-refractivity contribution in [3.05, 3.63) is 0 Å². The van der Waals surface area contributed by atoms with Crippen LogP contribution >= 0.6 is 0 Å². The van der Waals surface area contributed by atoms with Gasteiger partial charge >= 0.3 is 0 Å². The lowest BCUT2D eigenvalue weighted by atomic mass is 9.92. The van der Waals surface area contributed by atoms with E-state index in [0.717, 1.165) is 49.4 Å². The smallest absolute Gasteiger partial charge is 0.249 e. The second-order valence-corrected chi connectivity index (χ2v) is 7.75. The van der Waals surface area contributed by atoms with E-state index in [0.29, 0.717) is 12.6 Å². The van der Waals surface area contributed by atoms with Gasteiger partial charge in [0.15, 0.2) is 0 Å². The van der Waals surface area contributed by atoms with Crippen molar-refractivity contribution in [3.63, 3.8) is 0 Å². The van der Waals surface area contributed by atoms with Gasteiger partial charge in [0.25, 0.3) is 0 Å². The lowest BCUT2D eigenvalue weighted by Crippen LogP contribution is -2.66. The zero-order chi connectivity index (χ0) is 13.5. The van der Waals surface area contributed by atoms with E-state index in [2.05, 4.69) is 5.32 Å². The highest BCUT2D eigenvalue weighted by Gasteiger charge is 2.69. The van der Waals surface area contributed by atoms with E-state index >= 15 is 0 Å². The zero-order valence-electron chi connectivity index (χ0n) is 11.8. The van der Waals surface area contributed by atoms with Gasteiger partial charge in [-0.05, 0) is 55.8 Å². The summed E-state index contributed by atoms with van der Waals surface area (Å²) in [4.78, 5) is 27.0. The number of piperazine rings is 1. The Labute approximate surface area is 119 Å². The molecule has 4 unspecified atom stereocenters. The normalized spacial score (nSPS) is 47.8. The van der Waals surface area contributed by atoms with Gasteiger partial charge < -0.3 is 10.2 Å². The standard InChI is InChI=1S/C16H22N2O2/c19-11-8-18(15(20)16(17-11)5-1-2-6-16)14-12-9-3-4-10(7-9)13(12)14/h9-10,12-14H,1-8H2,(H,17,19). The van der Waals surface area contributed by atoms with Gasteiger partial charge in [0, 0.05) is 6.04 Å². The van der Waals surface area contributed by atoms with Gasteiger partial charge in [0.1, 0.15) is 5.54 Å². The summed E-state index contributed by atoms with van der Waals surface area (Å²) in [6.07, 6.45) is 7.96. The molecular formula is C16H22N2O2. The summed E-state index contributed by atoms with van der Waals surface area (Å²) in [5.41, 5.74) is -0.523. The molecule has 2 amide bonds. The maximum atomic E-state index is 13.0. The molecule has 0 aromatic carbocycles. The third-order valence-electron chi connectivity index (χ3n) is 6.87. The summed E-state index contributed by atoms with van der Waals surface area (Å²) in [7, 11) is 0. The van der Waals surface area contributed by atoms with Crippen LogP contribution in [0.3, 0.4) is 0 Å². The summed E-state index contributed by atoms with van der Waals surface area (Å²) in [6.45, 7) is 0.317. The second kappa shape index (κ2) is 3.58. The van der Waals surface area contributed by atoms with Crippen molar-refractivity contribution in [1.29, 1.82) is 0 Å². The maximum Gasteiger partial charge on any atom is 0.249 e. The molecule has 108 valence electrons. The molecule has 5 rings (SSSR count). The van der Waals surface area contributed by atoms with E-state index < -0.39 is 5.54 Å². The fourth-order valence-corrected chi connectivity index (χ4v) is 6.11. The molecule has 4 nitrogen and oxygen atoms in total. The minimum absolute atomic E-state index is 0.0730. The maximum absolute atomic E-state index is 13.0. The minimum atomic E-state index is -0.523. The third-order valence-corrected chi connectivity index (χ3v) is 6.87. The quantitative estimate of drug-likeness (QED) is 0.783. The molecule has 0 aromatic heterocycles. The Hall–Kier alpha value is -1.06. The van der Waals surface area contributed by atoms with Gasteiger partial charge in [-0.2, -0.15) is 0 Å². The minimum Gasteiger partial charge on any atom is -0.340 e. The number of nitrogens with one attached hydrogen (secondary N) is 1. The van der Waals surface area contributed by atoms with Crippen molar-refractivity contribution < 1.29 is 9.59 Å². The van der Waals surface area contributed by atoms with E-state index in [1.807, 2.05) is 4.90 Å². The molecule has 4 saturated carbocycles. The van der Waals surface area contributed by atoms with Crippen LogP contribution in [0.5, 0.6) is 0 Å². The summed E-state index contributed by atoms with van der Waals surface area (Å²) in [5, 5.41) is 3.03. The van der Waals surface area contributed by atoms with Gasteiger partial charge in [-0.15, -0.1) is 0 Å². The van der Waals surface area contributed by atoms with Crippen molar-refractivity contribution in [1.82, 2.24) is 10.2 Å². The number of nitrogens with zero attached hydrogens (tertiary/aromatic N) is 1. The Morgan fingerprint density at radius 2 is 1.70 bits per heavy atom. The van der Waals surface area contributed by atoms with E-state index in [1.165, 1.54) is 19.3 Å². The number of amides is 2. The topological polar surface area (TPSA) is 49.4 Å². The molecule has 1 aliphatic heterocycles. The van der Waals surface area contributed by atoms with Crippen LogP contribution in [0, 0.1) is 23.7 Å². The average Bonchev–Trinajstić information content (AvgIpc) is 2.83. The van der Waals surface area contributed by atoms with Crippen molar-refractivity contribution in [2.24, 2.45) is 23.7 Å². The lowest BCUT2D eigenvalue weighted by molar-refractivity contribution is -0.151. The van der Waals surface area contributed by atoms with Gasteiger partial charge in [-0.25, -0.2) is 0 Å². The number of hydrogen-bond donors (Lipinski definition) is 1. The van der Waals surface area contributed by atoms with Crippen LogP contribution in [0.1, 0.15) is 44.9 Å². The first kappa shape index (κ1) is 11.6. The predicted molar refractivity (Wildman–Crippen MR) is 72.7 cm³/mol. The van der Waals surface area contributed by atoms with Gasteiger partial charge in [-0.3, -0.25) is 9.59 Å². The highest BCUT2D eigenvalue weighted by atomic mass is 16.2. The number of rotatable bonds is 1. The molecule has 4 heteroatoms. The van der Waals surface area contributed by atoms with Gasteiger partial charge in [0.05, 0.1) is 6.54 Å². The van der Waals surface area contributed by atoms with E-state index in [-0.39, 0.29) is 11.8 Å². The van der Waals surface area contributed by atoms with Crippen molar-refractivity contribution in [2.75, 3.05) is 6.54 Å². The number of hydrogen-bond acceptors (Lipinski definition) is 2. The van der Waals surface area contributed by atoms with Gasteiger partial charge in [-0.1, -0.05) is 12.8 Å². The van der Waals surface area contributed by atoms with Gasteiger partial charge in [0.2, 0.25) is 11.8 Å². The van der Waals surface area contributed by atoms with E-state index in [9.17, 15) is 9.59 Å². The Bertz CT molecular complexity index is 481. The first-order valence-corrected chi connectivity index (χ1v) is 8.32. The molecule has 20 heavy (non-hydrogen) atoms. The highest BCUT2D eigenvalue weighted by Crippen LogP contribution is 2.67. The molecule has 1 spiro atoms. The highest BCUT2D eigenvalue weighted by molar-refractivity contribution is 5.98. The monoisotopic (exact) mass is 274 g/mol. The Kier molecular flexibility index (Phi) is 2.07. The Morgan fingerprint density at radius 3 is 2.35 bits per heavy atom. The summed E-state index contributed by atoms with van der Waals surface area (Å²) in [5.74, 6) is 3.50. The molecule has 1 N–H and O–H groups in total. The summed E-state index contributed by atoms with van der Waals surface area (Å²) >= 11 is 0. The van der Waals surface area contributed by atoms with E-state index in [4.69, 9.17) is 0 Å². The van der Waals surface area contributed by atoms with Crippen LogP contribution in [-0.2, 0) is 9.59 Å². The largest absolute Gasteiger partial charge is 0.340 e. The molecule has 4 aliphatic carbocycles. The van der Waals surface area contributed by atoms with E-state index in [1.54, 1.807) is 0 Å². The number of carbonyl (C=O) groups excluding carboxylic acids is 2. The summed E-state index contributed by atoms with van der Waals surface area (Å²) < 4.78 is 0. The van der Waals surface area contributed by atoms with Crippen LogP contribution in [0.15, 0.2) is 0 Å². The molecule has 1 saturated heterocycles. The van der Waals surface area contributed by atoms with Crippen molar-refractivity contribution in [2.45, 2.75) is 56.5 Å². The molecule has 5 fully saturated rings. The van der Waals surface area contributed by atoms with Crippen molar-refractivity contribution in [3.8, 4) is 0 Å².